The lowest BCUT2D eigenvalue weighted by Crippen LogP contribution is -2.46. The van der Waals surface area contributed by atoms with Crippen LogP contribution in [0.2, 0.25) is 5.02 Å². The van der Waals surface area contributed by atoms with E-state index in [1.54, 1.807) is 12.1 Å². The van der Waals surface area contributed by atoms with Crippen molar-refractivity contribution in [3.05, 3.63) is 59.1 Å². The number of anilines is 2. The van der Waals surface area contributed by atoms with E-state index < -0.39 is 12.2 Å². The number of carbonyl (C=O) groups is 1. The van der Waals surface area contributed by atoms with E-state index in [0.29, 0.717) is 28.3 Å². The summed E-state index contributed by atoms with van der Waals surface area (Å²) < 4.78 is 17.3. The zero-order valence-corrected chi connectivity index (χ0v) is 19.4. The second-order valence-electron chi connectivity index (χ2n) is 8.15. The summed E-state index contributed by atoms with van der Waals surface area (Å²) in [6.45, 7) is 4.91. The molecule has 4 unspecified atom stereocenters. The lowest BCUT2D eigenvalue weighted by molar-refractivity contribution is 0.00880. The quantitative estimate of drug-likeness (QED) is 0.548. The Balaban J connectivity index is 1.26. The number of hydrogen-bond donors (Lipinski definition) is 3. The van der Waals surface area contributed by atoms with E-state index >= 15 is 0 Å². The van der Waals surface area contributed by atoms with E-state index in [1.807, 2.05) is 36.4 Å². The average molecular weight is 476 g/mol. The van der Waals surface area contributed by atoms with E-state index in [1.165, 1.54) is 5.56 Å². The molecule has 3 N–H and O–H groups in total. The minimum atomic E-state index is -0.531. The van der Waals surface area contributed by atoms with E-state index in [-0.39, 0.29) is 24.9 Å². The number of carbonyl (C=O) groups excluding carboxylic acids is 1. The van der Waals surface area contributed by atoms with E-state index in [4.69, 9.17) is 38.0 Å². The summed E-state index contributed by atoms with van der Waals surface area (Å²) >= 11 is 11.3. The van der Waals surface area contributed by atoms with Crippen LogP contribution in [-0.4, -0.2) is 48.8 Å². The normalized spacial score (nSPS) is 24.1. The Morgan fingerprint density at radius 1 is 1.00 bits per heavy atom. The van der Waals surface area contributed by atoms with E-state index in [0.717, 1.165) is 5.69 Å². The molecule has 170 valence electrons. The van der Waals surface area contributed by atoms with Crippen molar-refractivity contribution in [2.75, 3.05) is 23.8 Å². The van der Waals surface area contributed by atoms with Crippen LogP contribution >= 0.6 is 23.8 Å². The lowest BCUT2D eigenvalue weighted by Gasteiger charge is -2.20. The molecule has 7 nitrogen and oxygen atoms in total. The van der Waals surface area contributed by atoms with Gasteiger partial charge in [-0.1, -0.05) is 37.6 Å². The Morgan fingerprint density at radius 3 is 2.31 bits per heavy atom. The van der Waals surface area contributed by atoms with Crippen LogP contribution in [0, 0.1) is 0 Å². The second kappa shape index (κ2) is 10.0. The number of benzene rings is 2. The Kier molecular flexibility index (Phi) is 7.15. The van der Waals surface area contributed by atoms with Gasteiger partial charge in [0, 0.05) is 16.4 Å². The molecule has 0 bridgehead atoms. The van der Waals surface area contributed by atoms with Crippen LogP contribution in [0.25, 0.3) is 0 Å². The van der Waals surface area contributed by atoms with Gasteiger partial charge >= 0.3 is 6.09 Å². The van der Waals surface area contributed by atoms with Gasteiger partial charge in [0.1, 0.15) is 12.2 Å². The molecule has 9 heteroatoms. The molecule has 2 aliphatic heterocycles. The molecule has 1 amide bonds. The minimum absolute atomic E-state index is 0.146. The van der Waals surface area contributed by atoms with E-state index in [2.05, 4.69) is 29.8 Å². The monoisotopic (exact) mass is 475 g/mol. The summed E-state index contributed by atoms with van der Waals surface area (Å²) in [6.07, 6.45) is -1.63. The topological polar surface area (TPSA) is 80.9 Å². The van der Waals surface area contributed by atoms with Crippen LogP contribution in [0.3, 0.4) is 0 Å². The molecule has 0 aromatic heterocycles. The van der Waals surface area contributed by atoms with Gasteiger partial charge in [0.05, 0.1) is 19.3 Å². The molecule has 4 rings (SSSR count). The molecule has 2 aromatic carbocycles. The molecule has 0 aliphatic carbocycles. The Morgan fingerprint density at radius 2 is 1.62 bits per heavy atom. The first-order valence-corrected chi connectivity index (χ1v) is 11.3. The number of fused-ring (bicyclic) bond motifs is 1. The predicted molar refractivity (Wildman–Crippen MR) is 128 cm³/mol. The van der Waals surface area contributed by atoms with Crippen molar-refractivity contribution in [1.82, 2.24) is 5.32 Å². The molecule has 0 saturated carbocycles. The largest absolute Gasteiger partial charge is 0.441 e. The first-order valence-electron chi connectivity index (χ1n) is 10.5. The van der Waals surface area contributed by atoms with Crippen LogP contribution in [0.4, 0.5) is 16.2 Å². The number of ether oxygens (including phenoxy) is 3. The highest BCUT2D eigenvalue weighted by molar-refractivity contribution is 7.80. The highest BCUT2D eigenvalue weighted by atomic mass is 35.5. The zero-order valence-electron chi connectivity index (χ0n) is 17.8. The Bertz CT molecular complexity index is 955. The minimum Gasteiger partial charge on any atom is -0.441 e. The lowest BCUT2D eigenvalue weighted by atomic mass is 10.0. The fraction of sp³-hybridized carbons (Fsp3) is 0.391. The summed E-state index contributed by atoms with van der Waals surface area (Å²) in [5, 5.41) is 10.2. The van der Waals surface area contributed by atoms with Gasteiger partial charge < -0.3 is 24.8 Å². The van der Waals surface area contributed by atoms with Crippen LogP contribution in [-0.2, 0) is 14.2 Å². The third-order valence-corrected chi connectivity index (χ3v) is 5.98. The van der Waals surface area contributed by atoms with E-state index in [9.17, 15) is 4.79 Å². The third kappa shape index (κ3) is 5.50. The zero-order chi connectivity index (χ0) is 22.7. The average Bonchev–Trinajstić information content (AvgIpc) is 3.33. The number of hydrogen-bond acceptors (Lipinski definition) is 5. The standard InChI is InChI=1S/C23H26ClN3O4S/c1-13(2)14-3-7-17(8-4-14)26-23(28)31-19-12-30-20-18(11-29-21(19)20)27-22(32)25-16-9-5-15(24)6-10-16/h3-10,13,18-21H,11-12H2,1-2H3,(H,26,28)(H2,25,27,32). The number of thiocarbonyl (C=S) groups is 1. The molecule has 4 atom stereocenters. The summed E-state index contributed by atoms with van der Waals surface area (Å²) in [4.78, 5) is 12.4. The van der Waals surface area contributed by atoms with Crippen molar-refractivity contribution in [3.63, 3.8) is 0 Å². The second-order valence-corrected chi connectivity index (χ2v) is 9.00. The van der Waals surface area contributed by atoms with Gasteiger partial charge in [0.25, 0.3) is 0 Å². The molecular formula is C23H26ClN3O4S. The molecule has 32 heavy (non-hydrogen) atoms. The molecule has 2 saturated heterocycles. The Hall–Kier alpha value is -2.39. The molecule has 2 aliphatic rings. The van der Waals surface area contributed by atoms with Crippen molar-refractivity contribution in [2.24, 2.45) is 0 Å². The highest BCUT2D eigenvalue weighted by Crippen LogP contribution is 2.29. The summed E-state index contributed by atoms with van der Waals surface area (Å²) in [5.74, 6) is 0.430. The molecule has 0 spiro atoms. The molecule has 2 heterocycles. The fourth-order valence-corrected chi connectivity index (χ4v) is 4.19. The third-order valence-electron chi connectivity index (χ3n) is 5.51. The highest BCUT2D eigenvalue weighted by Gasteiger charge is 2.49. The van der Waals surface area contributed by atoms with Gasteiger partial charge in [0.15, 0.2) is 11.2 Å². The van der Waals surface area contributed by atoms with Gasteiger partial charge in [-0.2, -0.15) is 0 Å². The molecule has 2 aromatic rings. The molecule has 2 fully saturated rings. The maximum Gasteiger partial charge on any atom is 0.412 e. The first-order chi connectivity index (χ1) is 15.4. The Labute approximate surface area is 197 Å². The number of amides is 1. The van der Waals surface area contributed by atoms with Gasteiger partial charge in [-0.25, -0.2) is 4.79 Å². The number of nitrogens with one attached hydrogen (secondary N) is 3. The summed E-state index contributed by atoms with van der Waals surface area (Å²) in [6, 6.07) is 14.8. The summed E-state index contributed by atoms with van der Waals surface area (Å²) in [7, 11) is 0. The fourth-order valence-electron chi connectivity index (χ4n) is 3.79. The van der Waals surface area contributed by atoms with Crippen LogP contribution in [0.1, 0.15) is 25.3 Å². The van der Waals surface area contributed by atoms with Gasteiger partial charge in [-0.15, -0.1) is 0 Å². The smallest absolute Gasteiger partial charge is 0.412 e. The number of halogens is 1. The first kappa shape index (κ1) is 22.8. The van der Waals surface area contributed by atoms with Gasteiger partial charge in [0.2, 0.25) is 0 Å². The molecule has 0 radical (unpaired) electrons. The van der Waals surface area contributed by atoms with Crippen LogP contribution in [0.5, 0.6) is 0 Å². The summed E-state index contributed by atoms with van der Waals surface area (Å²) in [5.41, 5.74) is 2.71. The van der Waals surface area contributed by atoms with Crippen molar-refractivity contribution in [3.8, 4) is 0 Å². The maximum atomic E-state index is 12.4. The maximum absolute atomic E-state index is 12.4. The van der Waals surface area contributed by atoms with Gasteiger partial charge in [-0.05, 0) is 60.1 Å². The number of rotatable bonds is 5. The van der Waals surface area contributed by atoms with Crippen molar-refractivity contribution in [1.29, 1.82) is 0 Å². The van der Waals surface area contributed by atoms with Gasteiger partial charge in [-0.3, -0.25) is 5.32 Å². The van der Waals surface area contributed by atoms with Crippen molar-refractivity contribution < 1.29 is 19.0 Å². The van der Waals surface area contributed by atoms with Crippen LogP contribution < -0.4 is 16.0 Å². The van der Waals surface area contributed by atoms with Crippen LogP contribution in [0.15, 0.2) is 48.5 Å². The van der Waals surface area contributed by atoms with Crippen molar-refractivity contribution >= 4 is 46.4 Å². The SMILES string of the molecule is CC(C)c1ccc(NC(=O)OC2COC3C(NC(=S)Nc4ccc(Cl)cc4)COC23)cc1. The molecular weight excluding hydrogens is 450 g/mol. The predicted octanol–water partition coefficient (Wildman–Crippen LogP) is 4.53. The van der Waals surface area contributed by atoms with Crippen molar-refractivity contribution in [2.45, 2.75) is 44.1 Å².